The summed E-state index contributed by atoms with van der Waals surface area (Å²) in [5, 5.41) is 0. The van der Waals surface area contributed by atoms with Gasteiger partial charge in [0.1, 0.15) is 5.75 Å². The summed E-state index contributed by atoms with van der Waals surface area (Å²) in [5.41, 5.74) is 1.68. The second-order valence-corrected chi connectivity index (χ2v) is 11.0. The Labute approximate surface area is 225 Å². The third kappa shape index (κ3) is 13.9. The van der Waals surface area contributed by atoms with E-state index in [2.05, 4.69) is 31.2 Å². The van der Waals surface area contributed by atoms with E-state index >= 15 is 0 Å². The van der Waals surface area contributed by atoms with Gasteiger partial charge in [-0.25, -0.2) is 0 Å². The predicted octanol–water partition coefficient (Wildman–Crippen LogP) is 10.6. The highest BCUT2D eigenvalue weighted by molar-refractivity contribution is 7.99. The van der Waals surface area contributed by atoms with E-state index in [9.17, 15) is 4.79 Å². The number of methoxy groups -OCH3 is 1. The predicted molar refractivity (Wildman–Crippen MR) is 158 cm³/mol. The van der Waals surface area contributed by atoms with Crippen molar-refractivity contribution >= 4 is 23.6 Å². The molecule has 0 saturated carbocycles. The summed E-state index contributed by atoms with van der Waals surface area (Å²) in [7, 11) is 1.61. The Morgan fingerprint density at radius 2 is 1.31 bits per heavy atom. The van der Waals surface area contributed by atoms with Gasteiger partial charge in [-0.15, -0.1) is 11.8 Å². The summed E-state index contributed by atoms with van der Waals surface area (Å²) in [6, 6.07) is 15.8. The molecular formula is C33H48O2S. The molecule has 0 atom stereocenters. The molecule has 3 heteroatoms. The zero-order valence-corrected chi connectivity index (χ0v) is 23.6. The van der Waals surface area contributed by atoms with Gasteiger partial charge in [-0.1, -0.05) is 127 Å². The second kappa shape index (κ2) is 20.1. The Balaban J connectivity index is 1.47. The van der Waals surface area contributed by atoms with E-state index in [1.54, 1.807) is 19.3 Å². The third-order valence-electron chi connectivity index (χ3n) is 6.68. The Hall–Kier alpha value is -2.00. The number of ether oxygens (including phenoxy) is 1. The van der Waals surface area contributed by atoms with Crippen molar-refractivity contribution in [1.29, 1.82) is 0 Å². The van der Waals surface area contributed by atoms with Crippen LogP contribution in [0, 0.1) is 0 Å². The lowest BCUT2D eigenvalue weighted by Crippen LogP contribution is -1.94. The fourth-order valence-electron chi connectivity index (χ4n) is 4.38. The minimum absolute atomic E-state index is 0.0134. The van der Waals surface area contributed by atoms with E-state index in [0.717, 1.165) is 5.56 Å². The lowest BCUT2D eigenvalue weighted by molar-refractivity contribution is 0.104. The first-order valence-electron chi connectivity index (χ1n) is 14.3. The zero-order valence-electron chi connectivity index (χ0n) is 22.8. The van der Waals surface area contributed by atoms with Gasteiger partial charge >= 0.3 is 0 Å². The molecule has 0 saturated heterocycles. The van der Waals surface area contributed by atoms with E-state index < -0.39 is 0 Å². The smallest absolute Gasteiger partial charge is 0.185 e. The van der Waals surface area contributed by atoms with E-state index in [0.29, 0.717) is 11.3 Å². The van der Waals surface area contributed by atoms with E-state index in [1.165, 1.54) is 107 Å². The first-order chi connectivity index (χ1) is 17.7. The second-order valence-electron chi connectivity index (χ2n) is 9.80. The average Bonchev–Trinajstić information content (AvgIpc) is 2.92. The fourth-order valence-corrected chi connectivity index (χ4v) is 5.30. The first-order valence-corrected chi connectivity index (χ1v) is 15.3. The molecule has 0 aliphatic carbocycles. The van der Waals surface area contributed by atoms with Crippen molar-refractivity contribution in [2.24, 2.45) is 0 Å². The molecule has 0 spiro atoms. The Kier molecular flexibility index (Phi) is 16.9. The highest BCUT2D eigenvalue weighted by atomic mass is 32.2. The SMILES string of the molecule is CCCCCCCCCCCCCCCCCSc1ccc(/C=C/C(=O)c2cccc(OC)c2)cc1. The van der Waals surface area contributed by atoms with Gasteiger partial charge in [0.2, 0.25) is 0 Å². The quantitative estimate of drug-likeness (QED) is 0.0726. The summed E-state index contributed by atoms with van der Waals surface area (Å²) >= 11 is 1.94. The zero-order chi connectivity index (χ0) is 25.7. The van der Waals surface area contributed by atoms with Gasteiger partial charge in [0, 0.05) is 10.5 Å². The van der Waals surface area contributed by atoms with Gasteiger partial charge in [-0.3, -0.25) is 4.79 Å². The molecule has 0 aliphatic rings. The Morgan fingerprint density at radius 3 is 1.86 bits per heavy atom. The molecule has 0 heterocycles. The maximum absolute atomic E-state index is 12.4. The van der Waals surface area contributed by atoms with Crippen molar-refractivity contribution in [3.8, 4) is 5.75 Å². The molecule has 2 aromatic carbocycles. The van der Waals surface area contributed by atoms with Crippen molar-refractivity contribution in [3.05, 3.63) is 65.7 Å². The number of hydrogen-bond acceptors (Lipinski definition) is 3. The van der Waals surface area contributed by atoms with E-state index in [4.69, 9.17) is 4.74 Å². The van der Waals surface area contributed by atoms with Crippen LogP contribution in [-0.4, -0.2) is 18.6 Å². The van der Waals surface area contributed by atoms with E-state index in [-0.39, 0.29) is 5.78 Å². The van der Waals surface area contributed by atoms with Crippen LogP contribution in [0.3, 0.4) is 0 Å². The summed E-state index contributed by atoms with van der Waals surface area (Å²) < 4.78 is 5.20. The lowest BCUT2D eigenvalue weighted by Gasteiger charge is -2.04. The number of benzene rings is 2. The van der Waals surface area contributed by atoms with Crippen molar-refractivity contribution in [1.82, 2.24) is 0 Å². The van der Waals surface area contributed by atoms with Crippen molar-refractivity contribution < 1.29 is 9.53 Å². The van der Waals surface area contributed by atoms with E-state index in [1.807, 2.05) is 36.0 Å². The molecule has 198 valence electrons. The molecule has 0 N–H and O–H groups in total. The number of thioether (sulfide) groups is 1. The van der Waals surface area contributed by atoms with Crippen LogP contribution in [0.1, 0.15) is 119 Å². The maximum atomic E-state index is 12.4. The van der Waals surface area contributed by atoms with Crippen LogP contribution in [0.2, 0.25) is 0 Å². The standard InChI is InChI=1S/C33H48O2S/c1-3-4-5-6-7-8-9-10-11-12-13-14-15-16-17-27-36-32-24-21-29(22-25-32)23-26-33(34)30-19-18-20-31(28-30)35-2/h18-26,28H,3-17,27H2,1-2H3/b26-23+. The number of rotatable bonds is 21. The molecule has 0 bridgehead atoms. The summed E-state index contributed by atoms with van der Waals surface area (Å²) in [6.07, 6.45) is 24.6. The van der Waals surface area contributed by atoms with Gasteiger partial charge in [-0.2, -0.15) is 0 Å². The highest BCUT2D eigenvalue weighted by Gasteiger charge is 2.03. The Bertz CT molecular complexity index is 856. The minimum Gasteiger partial charge on any atom is -0.497 e. The molecule has 0 unspecified atom stereocenters. The van der Waals surface area contributed by atoms with Gasteiger partial charge in [0.25, 0.3) is 0 Å². The third-order valence-corrected chi connectivity index (χ3v) is 7.78. The average molecular weight is 509 g/mol. The van der Waals surface area contributed by atoms with Crippen LogP contribution < -0.4 is 4.74 Å². The molecule has 0 radical (unpaired) electrons. The van der Waals surface area contributed by atoms with Crippen LogP contribution in [0.4, 0.5) is 0 Å². The van der Waals surface area contributed by atoms with Crippen LogP contribution in [-0.2, 0) is 0 Å². The summed E-state index contributed by atoms with van der Waals surface area (Å²) in [4.78, 5) is 13.7. The lowest BCUT2D eigenvalue weighted by atomic mass is 10.0. The molecule has 0 aliphatic heterocycles. The Morgan fingerprint density at radius 1 is 0.750 bits per heavy atom. The number of ketones is 1. The molecule has 36 heavy (non-hydrogen) atoms. The summed E-state index contributed by atoms with van der Waals surface area (Å²) in [6.45, 7) is 2.29. The number of allylic oxidation sites excluding steroid dienone is 1. The topological polar surface area (TPSA) is 26.3 Å². The molecule has 2 aromatic rings. The van der Waals surface area contributed by atoms with Crippen molar-refractivity contribution in [2.45, 2.75) is 108 Å². The van der Waals surface area contributed by atoms with Crippen LogP contribution in [0.5, 0.6) is 5.75 Å². The molecule has 0 aromatic heterocycles. The number of carbonyl (C=O) groups is 1. The van der Waals surface area contributed by atoms with Gasteiger partial charge in [0.15, 0.2) is 5.78 Å². The number of unbranched alkanes of at least 4 members (excludes halogenated alkanes) is 14. The maximum Gasteiger partial charge on any atom is 0.185 e. The highest BCUT2D eigenvalue weighted by Crippen LogP contribution is 2.22. The first kappa shape index (κ1) is 30.2. The fraction of sp³-hybridized carbons (Fsp3) is 0.545. The number of carbonyl (C=O) groups excluding carboxylic acids is 1. The largest absolute Gasteiger partial charge is 0.497 e. The van der Waals surface area contributed by atoms with Gasteiger partial charge < -0.3 is 4.74 Å². The molecule has 0 amide bonds. The van der Waals surface area contributed by atoms with Crippen LogP contribution in [0.25, 0.3) is 6.08 Å². The van der Waals surface area contributed by atoms with Crippen LogP contribution in [0.15, 0.2) is 59.5 Å². The molecule has 2 rings (SSSR count). The summed E-state index contributed by atoms with van der Waals surface area (Å²) in [5.74, 6) is 1.87. The molecule has 2 nitrogen and oxygen atoms in total. The normalized spacial score (nSPS) is 11.3. The van der Waals surface area contributed by atoms with Crippen LogP contribution >= 0.6 is 11.8 Å². The van der Waals surface area contributed by atoms with Crippen molar-refractivity contribution in [2.75, 3.05) is 12.9 Å². The van der Waals surface area contributed by atoms with Gasteiger partial charge in [-0.05, 0) is 48.1 Å². The van der Waals surface area contributed by atoms with Crippen molar-refractivity contribution in [3.63, 3.8) is 0 Å². The minimum atomic E-state index is -0.0134. The number of hydrogen-bond donors (Lipinski definition) is 0. The molecular weight excluding hydrogens is 460 g/mol. The van der Waals surface area contributed by atoms with Gasteiger partial charge in [0.05, 0.1) is 7.11 Å². The monoisotopic (exact) mass is 508 g/mol. The molecule has 0 fully saturated rings.